The molecule has 0 aliphatic heterocycles. The number of aromatic carboxylic acids is 1. The molecular formula is C20H18N2O4. The van der Waals surface area contributed by atoms with E-state index >= 15 is 0 Å². The van der Waals surface area contributed by atoms with Crippen molar-refractivity contribution in [3.8, 4) is 0 Å². The predicted molar refractivity (Wildman–Crippen MR) is 99.1 cm³/mol. The molecule has 132 valence electrons. The summed E-state index contributed by atoms with van der Waals surface area (Å²) in [6.07, 6.45) is 0. The Labute approximate surface area is 150 Å². The number of fused-ring (bicyclic) bond motifs is 1. The van der Waals surface area contributed by atoms with E-state index in [0.29, 0.717) is 12.2 Å². The van der Waals surface area contributed by atoms with Gasteiger partial charge < -0.3 is 15.2 Å². The van der Waals surface area contributed by atoms with Crippen LogP contribution in [0.15, 0.2) is 48.5 Å². The zero-order valence-electron chi connectivity index (χ0n) is 14.4. The number of pyridine rings is 1. The number of carbonyl (C=O) groups is 2. The minimum absolute atomic E-state index is 0.218. The van der Waals surface area contributed by atoms with Gasteiger partial charge in [0.15, 0.2) is 0 Å². The molecule has 0 fully saturated rings. The average molecular weight is 350 g/mol. The fourth-order valence-electron chi connectivity index (χ4n) is 2.65. The summed E-state index contributed by atoms with van der Waals surface area (Å²) in [6.45, 7) is 3.96. The highest BCUT2D eigenvalue weighted by atomic mass is 16.5. The van der Waals surface area contributed by atoms with E-state index in [9.17, 15) is 9.59 Å². The topological polar surface area (TPSA) is 88.5 Å². The maximum absolute atomic E-state index is 12.0. The maximum Gasteiger partial charge on any atom is 0.338 e. The number of aryl methyl sites for hydroxylation is 1. The molecule has 3 aromatic rings. The van der Waals surface area contributed by atoms with Gasteiger partial charge in [-0.1, -0.05) is 0 Å². The highest BCUT2D eigenvalue weighted by molar-refractivity contribution is 5.99. The molecule has 0 unspecified atom stereocenters. The fourth-order valence-corrected chi connectivity index (χ4v) is 2.65. The second kappa shape index (κ2) is 7.23. The van der Waals surface area contributed by atoms with Crippen molar-refractivity contribution in [1.82, 2.24) is 4.98 Å². The first-order valence-electron chi connectivity index (χ1n) is 8.17. The van der Waals surface area contributed by atoms with Gasteiger partial charge in [-0.15, -0.1) is 0 Å². The molecule has 2 N–H and O–H groups in total. The number of benzene rings is 2. The Morgan fingerprint density at radius 3 is 2.42 bits per heavy atom. The summed E-state index contributed by atoms with van der Waals surface area (Å²) in [5.74, 6) is -1.35. The molecule has 0 spiro atoms. The molecule has 0 aliphatic carbocycles. The Morgan fingerprint density at radius 1 is 1.08 bits per heavy atom. The number of nitrogens with one attached hydrogen (secondary N) is 1. The largest absolute Gasteiger partial charge is 0.478 e. The molecule has 6 nitrogen and oxygen atoms in total. The zero-order valence-corrected chi connectivity index (χ0v) is 14.4. The smallest absolute Gasteiger partial charge is 0.338 e. The van der Waals surface area contributed by atoms with Crippen molar-refractivity contribution in [3.05, 3.63) is 65.4 Å². The third-order valence-corrected chi connectivity index (χ3v) is 3.86. The summed E-state index contributed by atoms with van der Waals surface area (Å²) >= 11 is 0. The van der Waals surface area contributed by atoms with Crippen LogP contribution < -0.4 is 5.32 Å². The number of hydrogen-bond donors (Lipinski definition) is 2. The summed E-state index contributed by atoms with van der Waals surface area (Å²) < 4.78 is 5.06. The number of aromatic nitrogens is 1. The van der Waals surface area contributed by atoms with Crippen LogP contribution in [0.1, 0.15) is 33.3 Å². The van der Waals surface area contributed by atoms with Crippen molar-refractivity contribution >= 4 is 34.2 Å². The third-order valence-electron chi connectivity index (χ3n) is 3.86. The van der Waals surface area contributed by atoms with Gasteiger partial charge in [-0.3, -0.25) is 4.98 Å². The molecule has 26 heavy (non-hydrogen) atoms. The van der Waals surface area contributed by atoms with E-state index in [1.807, 2.05) is 13.0 Å². The van der Waals surface area contributed by atoms with Crippen LogP contribution in [0.25, 0.3) is 10.9 Å². The van der Waals surface area contributed by atoms with Gasteiger partial charge in [0, 0.05) is 22.5 Å². The number of rotatable bonds is 5. The van der Waals surface area contributed by atoms with Crippen LogP contribution in [-0.4, -0.2) is 28.6 Å². The number of hydrogen-bond acceptors (Lipinski definition) is 5. The number of anilines is 2. The molecular weight excluding hydrogens is 332 g/mol. The quantitative estimate of drug-likeness (QED) is 0.672. The first-order valence-corrected chi connectivity index (χ1v) is 8.17. The van der Waals surface area contributed by atoms with Crippen LogP contribution in [-0.2, 0) is 4.74 Å². The first kappa shape index (κ1) is 17.4. The molecule has 0 atom stereocenters. The molecule has 1 aromatic heterocycles. The van der Waals surface area contributed by atoms with Crippen LogP contribution in [0.3, 0.4) is 0 Å². The van der Waals surface area contributed by atoms with Crippen molar-refractivity contribution in [2.75, 3.05) is 11.9 Å². The number of carboxylic acid groups (broad SMARTS) is 1. The van der Waals surface area contributed by atoms with Crippen molar-refractivity contribution < 1.29 is 19.4 Å². The van der Waals surface area contributed by atoms with Gasteiger partial charge in [-0.2, -0.15) is 0 Å². The summed E-state index contributed by atoms with van der Waals surface area (Å²) in [6, 6.07) is 13.6. The van der Waals surface area contributed by atoms with Crippen LogP contribution in [0.5, 0.6) is 0 Å². The molecule has 6 heteroatoms. The van der Waals surface area contributed by atoms with Gasteiger partial charge in [-0.25, -0.2) is 9.59 Å². The molecule has 0 saturated carbocycles. The second-order valence-corrected chi connectivity index (χ2v) is 5.77. The molecule has 0 bridgehead atoms. The van der Waals surface area contributed by atoms with Gasteiger partial charge >= 0.3 is 11.9 Å². The normalized spacial score (nSPS) is 10.5. The van der Waals surface area contributed by atoms with E-state index in [1.165, 1.54) is 12.1 Å². The van der Waals surface area contributed by atoms with Gasteiger partial charge in [-0.05, 0) is 62.4 Å². The standard InChI is InChI=1S/C20H18N2O4/c1-3-26-20(25)14-6-9-17-16(11-14)18(10-12(2)21-17)22-15-7-4-13(5-8-15)19(23)24/h4-11H,3H2,1-2H3,(H,21,22)(H,23,24). The Morgan fingerprint density at radius 2 is 1.77 bits per heavy atom. The Balaban J connectivity index is 2.01. The number of carboxylic acids is 1. The van der Waals surface area contributed by atoms with E-state index in [4.69, 9.17) is 9.84 Å². The number of nitrogens with zero attached hydrogens (tertiary/aromatic N) is 1. The Hall–Kier alpha value is -3.41. The average Bonchev–Trinajstić information content (AvgIpc) is 2.62. The lowest BCUT2D eigenvalue weighted by Gasteiger charge is -2.12. The monoisotopic (exact) mass is 350 g/mol. The van der Waals surface area contributed by atoms with Crippen LogP contribution >= 0.6 is 0 Å². The van der Waals surface area contributed by atoms with E-state index in [2.05, 4.69) is 10.3 Å². The van der Waals surface area contributed by atoms with Crippen molar-refractivity contribution in [1.29, 1.82) is 0 Å². The number of carbonyl (C=O) groups excluding carboxylic acids is 1. The lowest BCUT2D eigenvalue weighted by molar-refractivity contribution is 0.0526. The second-order valence-electron chi connectivity index (χ2n) is 5.77. The summed E-state index contributed by atoms with van der Waals surface area (Å²) in [5.41, 5.74) is 3.77. The zero-order chi connectivity index (χ0) is 18.7. The molecule has 3 rings (SSSR count). The third kappa shape index (κ3) is 3.64. The van der Waals surface area contributed by atoms with Crippen molar-refractivity contribution in [2.45, 2.75) is 13.8 Å². The lowest BCUT2D eigenvalue weighted by Crippen LogP contribution is -2.05. The molecule has 0 amide bonds. The number of esters is 1. The number of ether oxygens (including phenoxy) is 1. The van der Waals surface area contributed by atoms with Gasteiger partial charge in [0.2, 0.25) is 0 Å². The molecule has 1 heterocycles. The van der Waals surface area contributed by atoms with Crippen LogP contribution in [0.4, 0.5) is 11.4 Å². The van der Waals surface area contributed by atoms with Gasteiger partial charge in [0.05, 0.1) is 23.3 Å². The van der Waals surface area contributed by atoms with E-state index in [0.717, 1.165) is 28.0 Å². The molecule has 0 aliphatic rings. The first-order chi connectivity index (χ1) is 12.5. The highest BCUT2D eigenvalue weighted by Gasteiger charge is 2.11. The summed E-state index contributed by atoms with van der Waals surface area (Å²) in [4.78, 5) is 27.5. The van der Waals surface area contributed by atoms with Crippen molar-refractivity contribution in [2.24, 2.45) is 0 Å². The minimum Gasteiger partial charge on any atom is -0.478 e. The summed E-state index contributed by atoms with van der Waals surface area (Å²) in [7, 11) is 0. The van der Waals surface area contributed by atoms with Gasteiger partial charge in [0.1, 0.15) is 0 Å². The minimum atomic E-state index is -0.971. The fraction of sp³-hybridized carbons (Fsp3) is 0.150. The van der Waals surface area contributed by atoms with E-state index in [1.54, 1.807) is 37.3 Å². The predicted octanol–water partition coefficient (Wildman–Crippen LogP) is 4.16. The van der Waals surface area contributed by atoms with Crippen molar-refractivity contribution in [3.63, 3.8) is 0 Å². The molecule has 0 radical (unpaired) electrons. The molecule has 0 saturated heterocycles. The Bertz CT molecular complexity index is 981. The van der Waals surface area contributed by atoms with E-state index < -0.39 is 5.97 Å². The summed E-state index contributed by atoms with van der Waals surface area (Å²) in [5, 5.41) is 13.0. The maximum atomic E-state index is 12.0. The SMILES string of the molecule is CCOC(=O)c1ccc2nc(C)cc(Nc3ccc(C(=O)O)cc3)c2c1. The van der Waals surface area contributed by atoms with Crippen LogP contribution in [0.2, 0.25) is 0 Å². The van der Waals surface area contributed by atoms with E-state index in [-0.39, 0.29) is 11.5 Å². The van der Waals surface area contributed by atoms with Crippen LogP contribution in [0, 0.1) is 6.92 Å². The van der Waals surface area contributed by atoms with Gasteiger partial charge in [0.25, 0.3) is 0 Å². The lowest BCUT2D eigenvalue weighted by atomic mass is 10.1. The highest BCUT2D eigenvalue weighted by Crippen LogP contribution is 2.28. The Kier molecular flexibility index (Phi) is 4.84. The molecule has 2 aromatic carbocycles.